The lowest BCUT2D eigenvalue weighted by atomic mass is 10.1. The quantitative estimate of drug-likeness (QED) is 0.693. The number of methoxy groups -OCH3 is 1. The fourth-order valence-corrected chi connectivity index (χ4v) is 3.40. The standard InChI is InChI=1S/C22H21N3O3/c1-3-14-7-6-8-15(11-14)20-21(25-18-10-5-4-9-17(18)24-20)28-16-12-19(23-13-16)22(26)27-2/h3-11,16,19,23H,1,12-13H2,2H3/p+1/t16-,19+/m1/s1. The molecule has 3 aromatic rings. The lowest BCUT2D eigenvalue weighted by molar-refractivity contribution is -0.365. The number of H-pyrrole nitrogens is 1. The Morgan fingerprint density at radius 1 is 1.29 bits per heavy atom. The summed E-state index contributed by atoms with van der Waals surface area (Å²) in [4.78, 5) is 20.0. The van der Waals surface area contributed by atoms with Gasteiger partial charge in [0.05, 0.1) is 7.11 Å². The van der Waals surface area contributed by atoms with Crippen molar-refractivity contribution >= 4 is 23.1 Å². The first kappa shape index (κ1) is 18.1. The summed E-state index contributed by atoms with van der Waals surface area (Å²) in [5.74, 6) is 0.308. The van der Waals surface area contributed by atoms with Gasteiger partial charge in [-0.2, -0.15) is 4.98 Å². The molecule has 0 spiro atoms. The Labute approximate surface area is 163 Å². The summed E-state index contributed by atoms with van der Waals surface area (Å²) in [6.07, 6.45) is 2.18. The van der Waals surface area contributed by atoms with Crippen molar-refractivity contribution in [3.63, 3.8) is 0 Å². The van der Waals surface area contributed by atoms with Crippen LogP contribution >= 0.6 is 0 Å². The summed E-state index contributed by atoms with van der Waals surface area (Å²) in [6, 6.07) is 15.5. The maximum absolute atomic E-state index is 11.8. The fourth-order valence-electron chi connectivity index (χ4n) is 3.40. The second-order valence-electron chi connectivity index (χ2n) is 6.72. The van der Waals surface area contributed by atoms with Crippen molar-refractivity contribution in [2.45, 2.75) is 18.6 Å². The van der Waals surface area contributed by atoms with E-state index in [1.807, 2.05) is 48.5 Å². The van der Waals surface area contributed by atoms with Gasteiger partial charge in [-0.3, -0.25) is 4.79 Å². The smallest absolute Gasteiger partial charge is 0.394 e. The van der Waals surface area contributed by atoms with Crippen LogP contribution in [0, 0.1) is 0 Å². The molecule has 1 fully saturated rings. The number of aromatic nitrogens is 2. The number of hydrogen-bond acceptors (Lipinski definition) is 5. The first-order valence-corrected chi connectivity index (χ1v) is 9.20. The number of benzene rings is 2. The lowest BCUT2D eigenvalue weighted by Gasteiger charge is -2.12. The highest BCUT2D eigenvalue weighted by Crippen LogP contribution is 2.29. The van der Waals surface area contributed by atoms with Crippen LogP contribution in [0.15, 0.2) is 55.1 Å². The van der Waals surface area contributed by atoms with Crippen LogP contribution < -0.4 is 15.0 Å². The van der Waals surface area contributed by atoms with Gasteiger partial charge in [0.25, 0.3) is 0 Å². The predicted octanol–water partition coefficient (Wildman–Crippen LogP) is 2.64. The molecule has 1 aromatic heterocycles. The molecule has 6 nitrogen and oxygen atoms in total. The Morgan fingerprint density at radius 2 is 2.14 bits per heavy atom. The van der Waals surface area contributed by atoms with Crippen molar-refractivity contribution in [2.75, 3.05) is 13.7 Å². The number of esters is 1. The van der Waals surface area contributed by atoms with Gasteiger partial charge >= 0.3 is 11.8 Å². The number of carbonyl (C=O) groups excluding carboxylic acids is 1. The average molecular weight is 376 g/mol. The molecule has 1 aliphatic rings. The third kappa shape index (κ3) is 3.59. The number of rotatable bonds is 5. The van der Waals surface area contributed by atoms with E-state index < -0.39 is 0 Å². The first-order chi connectivity index (χ1) is 13.7. The number of fused-ring (bicyclic) bond motifs is 1. The molecule has 0 radical (unpaired) electrons. The molecular formula is C22H22N3O3+. The van der Waals surface area contributed by atoms with Crippen LogP contribution in [0.1, 0.15) is 12.0 Å². The van der Waals surface area contributed by atoms with Crippen LogP contribution in [-0.2, 0) is 9.53 Å². The maximum Gasteiger partial charge on any atom is 0.394 e. The topological polar surface area (TPSA) is 74.6 Å². The lowest BCUT2D eigenvalue weighted by Crippen LogP contribution is -2.31. The van der Waals surface area contributed by atoms with E-state index in [4.69, 9.17) is 14.5 Å². The average Bonchev–Trinajstić information content (AvgIpc) is 3.21. The number of nitrogens with one attached hydrogen (secondary N) is 2. The van der Waals surface area contributed by atoms with Gasteiger partial charge in [-0.25, -0.2) is 4.98 Å². The molecule has 28 heavy (non-hydrogen) atoms. The summed E-state index contributed by atoms with van der Waals surface area (Å²) >= 11 is 0. The third-order valence-corrected chi connectivity index (χ3v) is 4.86. The number of nitrogens with zero attached hydrogens (tertiary/aromatic N) is 1. The molecular weight excluding hydrogens is 354 g/mol. The Hall–Kier alpha value is -3.25. The number of para-hydroxylation sites is 2. The molecule has 0 aliphatic carbocycles. The predicted molar refractivity (Wildman–Crippen MR) is 107 cm³/mol. The zero-order valence-electron chi connectivity index (χ0n) is 15.6. The highest BCUT2D eigenvalue weighted by Gasteiger charge is 2.33. The van der Waals surface area contributed by atoms with Crippen LogP contribution in [0.3, 0.4) is 0 Å². The van der Waals surface area contributed by atoms with Crippen LogP contribution in [0.25, 0.3) is 28.4 Å². The fraction of sp³-hybridized carbons (Fsp3) is 0.227. The van der Waals surface area contributed by atoms with E-state index in [1.165, 1.54) is 7.11 Å². The molecule has 6 heteroatoms. The van der Waals surface area contributed by atoms with Crippen molar-refractivity contribution in [3.8, 4) is 17.1 Å². The summed E-state index contributed by atoms with van der Waals surface area (Å²) in [5.41, 5.74) is 4.41. The maximum atomic E-state index is 11.8. The normalized spacial score (nSPS) is 18.8. The van der Waals surface area contributed by atoms with E-state index in [-0.39, 0.29) is 18.1 Å². The molecule has 0 saturated carbocycles. The van der Waals surface area contributed by atoms with Gasteiger partial charge in [0.1, 0.15) is 17.7 Å². The number of hydrogen-bond donors (Lipinski definition) is 1. The zero-order valence-corrected chi connectivity index (χ0v) is 15.6. The highest BCUT2D eigenvalue weighted by atomic mass is 16.5. The van der Waals surface area contributed by atoms with Gasteiger partial charge in [-0.15, -0.1) is 0 Å². The summed E-state index contributed by atoms with van der Waals surface area (Å²) in [5, 5.41) is 3.15. The van der Waals surface area contributed by atoms with E-state index in [9.17, 15) is 4.79 Å². The first-order valence-electron chi connectivity index (χ1n) is 9.20. The third-order valence-electron chi connectivity index (χ3n) is 4.86. The van der Waals surface area contributed by atoms with Crippen molar-refractivity contribution in [2.24, 2.45) is 0 Å². The van der Waals surface area contributed by atoms with Gasteiger partial charge in [0.15, 0.2) is 5.69 Å². The SMILES string of the molecule is C=Cc1cccc(-c2nc3ccccc3[nH+]c2O[C@H]2CN[C@H](C(=O)OC)C2)c1. The summed E-state index contributed by atoms with van der Waals surface area (Å²) in [6.45, 7) is 4.40. The molecule has 4 rings (SSSR count). The van der Waals surface area contributed by atoms with Crippen LogP contribution in [0.4, 0.5) is 0 Å². The molecule has 2 N–H and O–H groups in total. The number of ether oxygens (including phenoxy) is 2. The Kier molecular flexibility index (Phi) is 5.04. The van der Waals surface area contributed by atoms with E-state index in [2.05, 4.69) is 16.9 Å². The minimum Gasteiger partial charge on any atom is -0.468 e. The molecule has 1 aliphatic heterocycles. The van der Waals surface area contributed by atoms with Crippen molar-refractivity contribution in [3.05, 3.63) is 60.7 Å². The second kappa shape index (κ2) is 7.78. The zero-order chi connectivity index (χ0) is 19.5. The van der Waals surface area contributed by atoms with Crippen LogP contribution in [0.5, 0.6) is 5.88 Å². The Balaban J connectivity index is 1.72. The molecule has 0 unspecified atom stereocenters. The molecule has 1 saturated heterocycles. The van der Waals surface area contributed by atoms with Gasteiger partial charge < -0.3 is 14.8 Å². The van der Waals surface area contributed by atoms with E-state index in [0.29, 0.717) is 18.8 Å². The van der Waals surface area contributed by atoms with E-state index in [1.54, 1.807) is 6.08 Å². The number of carbonyl (C=O) groups is 1. The van der Waals surface area contributed by atoms with Gasteiger partial charge in [0, 0.05) is 24.6 Å². The molecule has 2 aromatic carbocycles. The van der Waals surface area contributed by atoms with Crippen molar-refractivity contribution in [1.82, 2.24) is 10.3 Å². The van der Waals surface area contributed by atoms with Crippen molar-refractivity contribution in [1.29, 1.82) is 0 Å². The molecule has 2 atom stereocenters. The summed E-state index contributed by atoms with van der Waals surface area (Å²) < 4.78 is 11.1. The molecule has 2 heterocycles. The van der Waals surface area contributed by atoms with Crippen LogP contribution in [0.2, 0.25) is 0 Å². The van der Waals surface area contributed by atoms with Gasteiger partial charge in [-0.05, 0) is 17.7 Å². The molecule has 142 valence electrons. The monoisotopic (exact) mass is 376 g/mol. The minimum atomic E-state index is -0.351. The number of aromatic amines is 1. The minimum absolute atomic E-state index is 0.162. The van der Waals surface area contributed by atoms with Crippen LogP contribution in [-0.4, -0.2) is 36.8 Å². The van der Waals surface area contributed by atoms with E-state index >= 15 is 0 Å². The van der Waals surface area contributed by atoms with E-state index in [0.717, 1.165) is 27.9 Å². The highest BCUT2D eigenvalue weighted by molar-refractivity contribution is 5.77. The van der Waals surface area contributed by atoms with Gasteiger partial charge in [0.2, 0.25) is 5.52 Å². The Morgan fingerprint density at radius 3 is 2.96 bits per heavy atom. The van der Waals surface area contributed by atoms with Crippen molar-refractivity contribution < 1.29 is 19.3 Å². The Bertz CT molecular complexity index is 1030. The van der Waals surface area contributed by atoms with Gasteiger partial charge in [-0.1, -0.05) is 43.0 Å². The molecule has 0 bridgehead atoms. The second-order valence-corrected chi connectivity index (χ2v) is 6.72. The molecule has 0 amide bonds. The summed E-state index contributed by atoms with van der Waals surface area (Å²) in [7, 11) is 1.39. The largest absolute Gasteiger partial charge is 0.468 e.